The van der Waals surface area contributed by atoms with Crippen molar-refractivity contribution in [1.29, 1.82) is 0 Å². The smallest absolute Gasteiger partial charge is 0.255 e. The van der Waals surface area contributed by atoms with E-state index in [0.29, 0.717) is 41.0 Å². The molecule has 144 valence electrons. The highest BCUT2D eigenvalue weighted by atomic mass is 35.5. The lowest BCUT2D eigenvalue weighted by Crippen LogP contribution is -2.13. The molecule has 3 rings (SSSR count). The monoisotopic (exact) mass is 395 g/mol. The zero-order chi connectivity index (χ0) is 19.9. The number of para-hydroxylation sites is 1. The van der Waals surface area contributed by atoms with Gasteiger partial charge in [0.15, 0.2) is 11.5 Å². The van der Waals surface area contributed by atoms with Crippen molar-refractivity contribution in [2.45, 2.75) is 20.5 Å². The molecule has 0 aliphatic heterocycles. The number of amides is 1. The van der Waals surface area contributed by atoms with Gasteiger partial charge in [-0.1, -0.05) is 54.1 Å². The molecule has 0 spiro atoms. The van der Waals surface area contributed by atoms with Gasteiger partial charge in [-0.15, -0.1) is 0 Å². The van der Waals surface area contributed by atoms with Crippen LogP contribution in [0.2, 0.25) is 5.02 Å². The normalized spacial score (nSPS) is 10.4. The first-order chi connectivity index (χ1) is 13.6. The van der Waals surface area contributed by atoms with Crippen molar-refractivity contribution in [2.75, 3.05) is 11.9 Å². The molecule has 0 atom stereocenters. The molecule has 1 N–H and O–H groups in total. The van der Waals surface area contributed by atoms with Crippen molar-refractivity contribution in [3.63, 3.8) is 0 Å². The van der Waals surface area contributed by atoms with Crippen molar-refractivity contribution in [2.24, 2.45) is 0 Å². The van der Waals surface area contributed by atoms with Crippen LogP contribution in [0.15, 0.2) is 66.7 Å². The van der Waals surface area contributed by atoms with Crippen molar-refractivity contribution in [3.05, 3.63) is 88.4 Å². The van der Waals surface area contributed by atoms with Crippen LogP contribution in [-0.4, -0.2) is 12.5 Å². The number of ether oxygens (including phenoxy) is 2. The van der Waals surface area contributed by atoms with Crippen LogP contribution in [0.25, 0.3) is 0 Å². The van der Waals surface area contributed by atoms with E-state index in [0.717, 1.165) is 11.1 Å². The lowest BCUT2D eigenvalue weighted by molar-refractivity contribution is 0.102. The Balaban J connectivity index is 1.78. The summed E-state index contributed by atoms with van der Waals surface area (Å²) in [5.41, 5.74) is 3.03. The van der Waals surface area contributed by atoms with Gasteiger partial charge in [-0.25, -0.2) is 0 Å². The van der Waals surface area contributed by atoms with E-state index < -0.39 is 0 Å². The Morgan fingerprint density at radius 2 is 1.75 bits per heavy atom. The highest BCUT2D eigenvalue weighted by molar-refractivity contribution is 6.34. The number of carbonyl (C=O) groups is 1. The maximum atomic E-state index is 12.7. The SMILES string of the molecule is CCOc1cc(C(=O)Nc2c(C)cccc2Cl)ccc1OCc1ccccc1. The summed E-state index contributed by atoms with van der Waals surface area (Å²) in [7, 11) is 0. The Bertz CT molecular complexity index is 937. The number of benzene rings is 3. The summed E-state index contributed by atoms with van der Waals surface area (Å²) in [5, 5.41) is 3.38. The van der Waals surface area contributed by atoms with Crippen LogP contribution in [-0.2, 0) is 6.61 Å². The Labute approximate surface area is 170 Å². The number of carbonyl (C=O) groups excluding carboxylic acids is 1. The van der Waals surface area contributed by atoms with Crippen molar-refractivity contribution in [3.8, 4) is 11.5 Å². The molecule has 1 amide bonds. The average molecular weight is 396 g/mol. The maximum Gasteiger partial charge on any atom is 0.255 e. The summed E-state index contributed by atoms with van der Waals surface area (Å²) in [6.07, 6.45) is 0. The van der Waals surface area contributed by atoms with Crippen LogP contribution < -0.4 is 14.8 Å². The molecular weight excluding hydrogens is 374 g/mol. The molecule has 4 nitrogen and oxygen atoms in total. The highest BCUT2D eigenvalue weighted by Crippen LogP contribution is 2.31. The number of aryl methyl sites for hydroxylation is 1. The van der Waals surface area contributed by atoms with E-state index in [9.17, 15) is 4.79 Å². The van der Waals surface area contributed by atoms with Gasteiger partial charge in [0.25, 0.3) is 5.91 Å². The molecule has 3 aromatic rings. The number of hydrogen-bond donors (Lipinski definition) is 1. The van der Waals surface area contributed by atoms with Gasteiger partial charge in [0.05, 0.1) is 17.3 Å². The van der Waals surface area contributed by atoms with E-state index in [2.05, 4.69) is 5.32 Å². The summed E-state index contributed by atoms with van der Waals surface area (Å²) < 4.78 is 11.6. The molecule has 5 heteroatoms. The van der Waals surface area contributed by atoms with Crippen LogP contribution in [0.4, 0.5) is 5.69 Å². The molecule has 28 heavy (non-hydrogen) atoms. The maximum absolute atomic E-state index is 12.7. The average Bonchev–Trinajstić information content (AvgIpc) is 2.71. The molecule has 0 heterocycles. The summed E-state index contributed by atoms with van der Waals surface area (Å²) >= 11 is 6.21. The van der Waals surface area contributed by atoms with E-state index in [1.54, 1.807) is 24.3 Å². The zero-order valence-corrected chi connectivity index (χ0v) is 16.6. The zero-order valence-electron chi connectivity index (χ0n) is 15.9. The fourth-order valence-electron chi connectivity index (χ4n) is 2.75. The van der Waals surface area contributed by atoms with Crippen LogP contribution in [0.5, 0.6) is 11.5 Å². The van der Waals surface area contributed by atoms with Gasteiger partial charge in [0.1, 0.15) is 6.61 Å². The van der Waals surface area contributed by atoms with Crippen molar-refractivity contribution >= 4 is 23.2 Å². The minimum Gasteiger partial charge on any atom is -0.490 e. The van der Waals surface area contributed by atoms with Crippen LogP contribution in [0.3, 0.4) is 0 Å². The number of nitrogens with one attached hydrogen (secondary N) is 1. The van der Waals surface area contributed by atoms with Gasteiger partial charge >= 0.3 is 0 Å². The lowest BCUT2D eigenvalue weighted by atomic mass is 10.1. The van der Waals surface area contributed by atoms with Crippen LogP contribution in [0, 0.1) is 6.92 Å². The second-order valence-corrected chi connectivity index (χ2v) is 6.66. The van der Waals surface area contributed by atoms with Gasteiger partial charge in [-0.3, -0.25) is 4.79 Å². The summed E-state index contributed by atoms with van der Waals surface area (Å²) in [5.74, 6) is 0.866. The van der Waals surface area contributed by atoms with E-state index in [4.69, 9.17) is 21.1 Å². The van der Waals surface area contributed by atoms with E-state index >= 15 is 0 Å². The first-order valence-corrected chi connectivity index (χ1v) is 9.46. The molecule has 0 aromatic heterocycles. The summed E-state index contributed by atoms with van der Waals surface area (Å²) in [6, 6.07) is 20.5. The Morgan fingerprint density at radius 3 is 2.46 bits per heavy atom. The van der Waals surface area contributed by atoms with E-state index in [1.807, 2.05) is 56.3 Å². The standard InChI is InChI=1S/C23H22ClNO3/c1-3-27-21-14-18(23(26)25-22-16(2)8-7-11-19(22)24)12-13-20(21)28-15-17-9-5-4-6-10-17/h4-14H,3,15H2,1-2H3,(H,25,26). The predicted molar refractivity (Wildman–Crippen MR) is 113 cm³/mol. The van der Waals surface area contributed by atoms with Gasteiger partial charge in [-0.2, -0.15) is 0 Å². The third kappa shape index (κ3) is 4.84. The Hall–Kier alpha value is -2.98. The second kappa shape index (κ2) is 9.29. The third-order valence-electron chi connectivity index (χ3n) is 4.20. The molecule has 0 saturated carbocycles. The third-order valence-corrected chi connectivity index (χ3v) is 4.52. The first kappa shape index (κ1) is 19.8. The molecule has 0 saturated heterocycles. The molecule has 0 unspecified atom stereocenters. The lowest BCUT2D eigenvalue weighted by Gasteiger charge is -2.14. The van der Waals surface area contributed by atoms with Crippen molar-refractivity contribution in [1.82, 2.24) is 0 Å². The van der Waals surface area contributed by atoms with Crippen molar-refractivity contribution < 1.29 is 14.3 Å². The number of halogens is 1. The quantitative estimate of drug-likeness (QED) is 0.543. The number of hydrogen-bond acceptors (Lipinski definition) is 3. The molecule has 0 bridgehead atoms. The fourth-order valence-corrected chi connectivity index (χ4v) is 3.02. The van der Waals surface area contributed by atoms with Gasteiger partial charge < -0.3 is 14.8 Å². The highest BCUT2D eigenvalue weighted by Gasteiger charge is 2.14. The molecule has 3 aromatic carbocycles. The molecule has 0 aliphatic carbocycles. The predicted octanol–water partition coefficient (Wildman–Crippen LogP) is 5.88. The minimum absolute atomic E-state index is 0.258. The first-order valence-electron chi connectivity index (χ1n) is 9.08. The fraction of sp³-hybridized carbons (Fsp3) is 0.174. The number of anilines is 1. The van der Waals surface area contributed by atoms with Crippen LogP contribution in [0.1, 0.15) is 28.4 Å². The summed E-state index contributed by atoms with van der Waals surface area (Å²) in [6.45, 7) is 4.68. The topological polar surface area (TPSA) is 47.6 Å². The van der Waals surface area contributed by atoms with E-state index in [-0.39, 0.29) is 5.91 Å². The Morgan fingerprint density at radius 1 is 0.964 bits per heavy atom. The Kier molecular flexibility index (Phi) is 6.56. The minimum atomic E-state index is -0.258. The molecular formula is C23H22ClNO3. The second-order valence-electron chi connectivity index (χ2n) is 6.25. The largest absolute Gasteiger partial charge is 0.490 e. The van der Waals surface area contributed by atoms with Gasteiger partial charge in [0.2, 0.25) is 0 Å². The van der Waals surface area contributed by atoms with Gasteiger partial charge in [-0.05, 0) is 49.2 Å². The van der Waals surface area contributed by atoms with Crippen LogP contribution >= 0.6 is 11.6 Å². The van der Waals surface area contributed by atoms with Gasteiger partial charge in [0, 0.05) is 5.56 Å². The van der Waals surface area contributed by atoms with E-state index in [1.165, 1.54) is 0 Å². The molecule has 0 radical (unpaired) electrons. The molecule has 0 fully saturated rings. The number of rotatable bonds is 7. The summed E-state index contributed by atoms with van der Waals surface area (Å²) in [4.78, 5) is 12.7. The molecule has 0 aliphatic rings.